The summed E-state index contributed by atoms with van der Waals surface area (Å²) in [7, 11) is 0. The minimum Gasteiger partial charge on any atom is -0.356 e. The molecule has 20 heavy (non-hydrogen) atoms. The quantitative estimate of drug-likeness (QED) is 0.877. The van der Waals surface area contributed by atoms with Crippen molar-refractivity contribution in [3.05, 3.63) is 30.3 Å². The molecule has 1 aromatic heterocycles. The summed E-state index contributed by atoms with van der Waals surface area (Å²) in [4.78, 5) is 10.8. The lowest BCUT2D eigenvalue weighted by Crippen LogP contribution is -2.24. The molecule has 0 bridgehead atoms. The maximum atomic E-state index is 13.5. The van der Waals surface area contributed by atoms with E-state index in [0.717, 1.165) is 42.8 Å². The van der Waals surface area contributed by atoms with Crippen LogP contribution >= 0.6 is 11.9 Å². The molecule has 4 nitrogen and oxygen atoms in total. The lowest BCUT2D eigenvalue weighted by atomic mass is 10.1. The maximum Gasteiger partial charge on any atom is 0.139 e. The van der Waals surface area contributed by atoms with Crippen molar-refractivity contribution in [1.82, 2.24) is 14.7 Å². The first-order valence-corrected chi connectivity index (χ1v) is 7.91. The number of anilines is 1. The van der Waals surface area contributed by atoms with Crippen LogP contribution in [0.2, 0.25) is 0 Å². The zero-order valence-electron chi connectivity index (χ0n) is 11.3. The third-order valence-electron chi connectivity index (χ3n) is 3.68. The van der Waals surface area contributed by atoms with Crippen LogP contribution in [0.15, 0.2) is 24.5 Å². The highest BCUT2D eigenvalue weighted by molar-refractivity contribution is 7.96. The van der Waals surface area contributed by atoms with E-state index in [1.165, 1.54) is 12.1 Å². The molecule has 6 heteroatoms. The predicted molar refractivity (Wildman–Crippen MR) is 81.3 cm³/mol. The monoisotopic (exact) mass is 292 g/mol. The molecular weight excluding hydrogens is 275 g/mol. The lowest BCUT2D eigenvalue weighted by molar-refractivity contribution is 0.584. The zero-order chi connectivity index (χ0) is 13.9. The summed E-state index contributed by atoms with van der Waals surface area (Å²) >= 11 is 1.65. The predicted octanol–water partition coefficient (Wildman–Crippen LogP) is 2.46. The molecule has 2 heterocycles. The van der Waals surface area contributed by atoms with Crippen LogP contribution in [0.4, 0.5) is 10.2 Å². The molecule has 106 valence electrons. The number of hydrogen-bond donors (Lipinski definition) is 1. The molecule has 3 rings (SSSR count). The van der Waals surface area contributed by atoms with Crippen molar-refractivity contribution in [2.45, 2.75) is 6.42 Å². The van der Waals surface area contributed by atoms with Gasteiger partial charge in [-0.3, -0.25) is 4.72 Å². The molecule has 1 aliphatic rings. The van der Waals surface area contributed by atoms with Crippen LogP contribution in [0.1, 0.15) is 6.42 Å². The Kier molecular flexibility index (Phi) is 4.03. The second-order valence-electron chi connectivity index (χ2n) is 5.01. The zero-order valence-corrected chi connectivity index (χ0v) is 12.2. The second kappa shape index (κ2) is 5.93. The average molecular weight is 292 g/mol. The van der Waals surface area contributed by atoms with Crippen LogP contribution in [0.3, 0.4) is 0 Å². The summed E-state index contributed by atoms with van der Waals surface area (Å²) in [6.45, 7) is 2.91. The van der Waals surface area contributed by atoms with Crippen LogP contribution in [-0.2, 0) is 0 Å². The fraction of sp³-hybridized carbons (Fsp3) is 0.429. The van der Waals surface area contributed by atoms with Crippen LogP contribution in [-0.4, -0.2) is 35.9 Å². The van der Waals surface area contributed by atoms with Gasteiger partial charge in [0.15, 0.2) is 0 Å². The van der Waals surface area contributed by atoms with Crippen LogP contribution < -0.4 is 9.62 Å². The number of nitrogens with zero attached hydrogens (tertiary/aromatic N) is 3. The van der Waals surface area contributed by atoms with E-state index in [1.54, 1.807) is 24.3 Å². The largest absolute Gasteiger partial charge is 0.356 e. The van der Waals surface area contributed by atoms with Gasteiger partial charge >= 0.3 is 0 Å². The highest BCUT2D eigenvalue weighted by atomic mass is 32.2. The first-order chi connectivity index (χ1) is 9.78. The van der Waals surface area contributed by atoms with E-state index < -0.39 is 0 Å². The molecule has 0 spiro atoms. The van der Waals surface area contributed by atoms with Crippen molar-refractivity contribution in [2.24, 2.45) is 5.92 Å². The van der Waals surface area contributed by atoms with E-state index in [9.17, 15) is 4.39 Å². The Hall–Kier alpha value is -1.40. The van der Waals surface area contributed by atoms with Crippen molar-refractivity contribution in [1.29, 1.82) is 0 Å². The standard InChI is InChI=1S/C14H17FN4S/c1-20-18-7-10-4-5-19(8-10)14-12-6-11(15)2-3-13(12)16-9-17-14/h2-3,6,9-10,18H,4-5,7-8H2,1H3. The minimum absolute atomic E-state index is 0.242. The smallest absolute Gasteiger partial charge is 0.139 e. The van der Waals surface area contributed by atoms with Gasteiger partial charge in [0.2, 0.25) is 0 Å². The van der Waals surface area contributed by atoms with Crippen molar-refractivity contribution in [3.63, 3.8) is 0 Å². The SMILES string of the molecule is CSNCC1CCN(c2ncnc3ccc(F)cc23)C1. The Morgan fingerprint density at radius 1 is 1.45 bits per heavy atom. The van der Waals surface area contributed by atoms with E-state index in [2.05, 4.69) is 19.6 Å². The first kappa shape index (κ1) is 13.6. The summed E-state index contributed by atoms with van der Waals surface area (Å²) in [5, 5.41) is 0.797. The van der Waals surface area contributed by atoms with E-state index >= 15 is 0 Å². The number of nitrogens with one attached hydrogen (secondary N) is 1. The third-order valence-corrected chi connectivity index (χ3v) is 4.13. The van der Waals surface area contributed by atoms with E-state index in [-0.39, 0.29) is 5.82 Å². The number of benzene rings is 1. The topological polar surface area (TPSA) is 41.0 Å². The van der Waals surface area contributed by atoms with Gasteiger partial charge in [0.1, 0.15) is 18.0 Å². The molecular formula is C14H17FN4S. The Morgan fingerprint density at radius 2 is 2.35 bits per heavy atom. The molecule has 0 radical (unpaired) electrons. The van der Waals surface area contributed by atoms with Gasteiger partial charge in [-0.2, -0.15) is 0 Å². The van der Waals surface area contributed by atoms with Crippen molar-refractivity contribution >= 4 is 28.7 Å². The van der Waals surface area contributed by atoms with Crippen molar-refractivity contribution in [2.75, 3.05) is 30.8 Å². The summed E-state index contributed by atoms with van der Waals surface area (Å²) in [6, 6.07) is 4.67. The van der Waals surface area contributed by atoms with Crippen molar-refractivity contribution in [3.8, 4) is 0 Å². The number of fused-ring (bicyclic) bond motifs is 1. The fourth-order valence-corrected chi connectivity index (χ4v) is 3.06. The Bertz CT molecular complexity index is 607. The lowest BCUT2D eigenvalue weighted by Gasteiger charge is -2.19. The van der Waals surface area contributed by atoms with Gasteiger partial charge in [-0.1, -0.05) is 11.9 Å². The van der Waals surface area contributed by atoms with Gasteiger partial charge in [-0.25, -0.2) is 14.4 Å². The molecule has 1 atom stereocenters. The summed E-state index contributed by atoms with van der Waals surface area (Å²) < 4.78 is 16.8. The van der Waals surface area contributed by atoms with Gasteiger partial charge in [-0.15, -0.1) is 0 Å². The van der Waals surface area contributed by atoms with Crippen molar-refractivity contribution < 1.29 is 4.39 Å². The van der Waals surface area contributed by atoms with E-state index in [0.29, 0.717) is 5.92 Å². The normalized spacial score (nSPS) is 18.9. The Morgan fingerprint density at radius 3 is 3.20 bits per heavy atom. The number of halogens is 1. The summed E-state index contributed by atoms with van der Waals surface area (Å²) in [5.41, 5.74) is 0.794. The molecule has 1 saturated heterocycles. The number of hydrogen-bond acceptors (Lipinski definition) is 5. The number of aromatic nitrogens is 2. The molecule has 1 fully saturated rings. The maximum absolute atomic E-state index is 13.5. The van der Waals surface area contributed by atoms with Gasteiger partial charge in [0.05, 0.1) is 5.52 Å². The van der Waals surface area contributed by atoms with Crippen LogP contribution in [0, 0.1) is 11.7 Å². The van der Waals surface area contributed by atoms with E-state index in [4.69, 9.17) is 0 Å². The molecule has 1 aromatic carbocycles. The molecule has 2 aromatic rings. The molecule has 0 saturated carbocycles. The molecule has 0 aliphatic carbocycles. The van der Waals surface area contributed by atoms with Crippen LogP contribution in [0.25, 0.3) is 10.9 Å². The van der Waals surface area contributed by atoms with Gasteiger partial charge in [0.25, 0.3) is 0 Å². The van der Waals surface area contributed by atoms with E-state index in [1.807, 2.05) is 6.26 Å². The Labute approximate surface area is 121 Å². The third kappa shape index (κ3) is 2.71. The van der Waals surface area contributed by atoms with Gasteiger partial charge in [-0.05, 0) is 36.8 Å². The average Bonchev–Trinajstić information content (AvgIpc) is 2.93. The minimum atomic E-state index is -0.242. The molecule has 0 amide bonds. The second-order valence-corrected chi connectivity index (χ2v) is 5.71. The highest BCUT2D eigenvalue weighted by Gasteiger charge is 2.24. The molecule has 1 unspecified atom stereocenters. The summed E-state index contributed by atoms with van der Waals surface area (Å²) in [5.74, 6) is 1.22. The molecule has 1 N–H and O–H groups in total. The summed E-state index contributed by atoms with van der Waals surface area (Å²) in [6.07, 6.45) is 4.73. The first-order valence-electron chi connectivity index (χ1n) is 6.69. The van der Waals surface area contributed by atoms with Gasteiger partial charge in [0, 0.05) is 25.0 Å². The number of rotatable bonds is 4. The Balaban J connectivity index is 1.86. The van der Waals surface area contributed by atoms with Gasteiger partial charge < -0.3 is 4.90 Å². The van der Waals surface area contributed by atoms with Crippen LogP contribution in [0.5, 0.6) is 0 Å². The fourth-order valence-electron chi connectivity index (χ4n) is 2.66. The molecule has 1 aliphatic heterocycles. The highest BCUT2D eigenvalue weighted by Crippen LogP contribution is 2.28.